The maximum atomic E-state index is 12.3. The molecule has 3 aromatic heterocycles. The van der Waals surface area contributed by atoms with Gasteiger partial charge in [0.05, 0.1) is 19.1 Å². The van der Waals surface area contributed by atoms with Crippen LogP contribution in [-0.4, -0.2) is 36.0 Å². The zero-order valence-corrected chi connectivity index (χ0v) is 14.4. The maximum Gasteiger partial charge on any atom is 0.328 e. The molecule has 0 radical (unpaired) electrons. The number of hydrogen-bond acceptors (Lipinski definition) is 5. The van der Waals surface area contributed by atoms with Gasteiger partial charge < -0.3 is 15.3 Å². The average molecular weight is 349 g/mol. The largest absolute Gasteiger partial charge is 0.354 e. The number of hydrogen-bond donors (Lipinski definition) is 3. The van der Waals surface area contributed by atoms with Gasteiger partial charge in [0.25, 0.3) is 0 Å². The van der Waals surface area contributed by atoms with Crippen molar-refractivity contribution in [1.29, 1.82) is 0 Å². The molecule has 3 heterocycles. The fraction of sp³-hybridized carbons (Fsp3) is 0.222. The van der Waals surface area contributed by atoms with Crippen LogP contribution in [0.1, 0.15) is 16.8 Å². The van der Waals surface area contributed by atoms with Gasteiger partial charge in [-0.3, -0.25) is 4.57 Å². The summed E-state index contributed by atoms with van der Waals surface area (Å²) in [5.74, 6) is 0.495. The standard InChI is InChI=1S/C18H19N7O/c1-12-4-2-3-5-13(12)10-25-16-15(23-18(25)26)9-21-17(24-16)20-7-6-14-8-19-11-22-14/h2-5,8-9,11H,6-7,10H2,1H3,(H,19,22)(H,23,26)(H,20,21,24). The molecule has 8 nitrogen and oxygen atoms in total. The smallest absolute Gasteiger partial charge is 0.328 e. The SMILES string of the molecule is Cc1ccccc1Cn1c(=O)[nH]c2cnc(NCCc3cnc[nH]3)nc21. The lowest BCUT2D eigenvalue weighted by molar-refractivity contribution is 0.773. The van der Waals surface area contributed by atoms with Crippen molar-refractivity contribution in [1.82, 2.24) is 29.5 Å². The number of fused-ring (bicyclic) bond motifs is 1. The predicted molar refractivity (Wildman–Crippen MR) is 99.2 cm³/mol. The van der Waals surface area contributed by atoms with Crippen LogP contribution in [0.2, 0.25) is 0 Å². The van der Waals surface area contributed by atoms with Gasteiger partial charge in [0.1, 0.15) is 5.52 Å². The monoisotopic (exact) mass is 349 g/mol. The first-order chi connectivity index (χ1) is 12.7. The molecule has 0 unspecified atom stereocenters. The van der Waals surface area contributed by atoms with Gasteiger partial charge in [0, 0.05) is 24.9 Å². The molecule has 0 amide bonds. The van der Waals surface area contributed by atoms with Crippen molar-refractivity contribution in [2.45, 2.75) is 19.9 Å². The summed E-state index contributed by atoms with van der Waals surface area (Å²) < 4.78 is 1.64. The minimum atomic E-state index is -0.188. The quantitative estimate of drug-likeness (QED) is 0.493. The van der Waals surface area contributed by atoms with E-state index in [1.165, 1.54) is 0 Å². The van der Waals surface area contributed by atoms with Gasteiger partial charge in [-0.05, 0) is 18.1 Å². The molecule has 0 aliphatic rings. The molecule has 4 rings (SSSR count). The number of rotatable bonds is 6. The third-order valence-corrected chi connectivity index (χ3v) is 4.33. The summed E-state index contributed by atoms with van der Waals surface area (Å²) in [7, 11) is 0. The van der Waals surface area contributed by atoms with Crippen molar-refractivity contribution in [3.63, 3.8) is 0 Å². The van der Waals surface area contributed by atoms with E-state index in [4.69, 9.17) is 0 Å². The molecular weight excluding hydrogens is 330 g/mol. The lowest BCUT2D eigenvalue weighted by Gasteiger charge is -2.07. The Morgan fingerprint density at radius 3 is 2.92 bits per heavy atom. The van der Waals surface area contributed by atoms with Crippen molar-refractivity contribution in [2.24, 2.45) is 0 Å². The predicted octanol–water partition coefficient (Wildman–Crippen LogP) is 1.85. The number of nitrogens with one attached hydrogen (secondary N) is 3. The van der Waals surface area contributed by atoms with Crippen LogP contribution in [0.4, 0.5) is 5.95 Å². The minimum absolute atomic E-state index is 0.188. The summed E-state index contributed by atoms with van der Waals surface area (Å²) >= 11 is 0. The number of aryl methyl sites for hydroxylation is 1. The van der Waals surface area contributed by atoms with E-state index in [0.717, 1.165) is 23.2 Å². The fourth-order valence-electron chi connectivity index (χ4n) is 2.87. The van der Waals surface area contributed by atoms with Crippen LogP contribution in [0.3, 0.4) is 0 Å². The van der Waals surface area contributed by atoms with E-state index < -0.39 is 0 Å². The van der Waals surface area contributed by atoms with E-state index in [9.17, 15) is 4.79 Å². The molecule has 4 aromatic rings. The Balaban J connectivity index is 1.58. The average Bonchev–Trinajstić information content (AvgIpc) is 3.25. The minimum Gasteiger partial charge on any atom is -0.354 e. The fourth-order valence-corrected chi connectivity index (χ4v) is 2.87. The molecule has 0 aliphatic heterocycles. The molecule has 8 heteroatoms. The normalized spacial score (nSPS) is 11.1. The van der Waals surface area contributed by atoms with Crippen molar-refractivity contribution < 1.29 is 0 Å². The number of H-pyrrole nitrogens is 2. The van der Waals surface area contributed by atoms with Crippen molar-refractivity contribution >= 4 is 17.1 Å². The Bertz CT molecular complexity index is 1080. The van der Waals surface area contributed by atoms with Gasteiger partial charge in [0.2, 0.25) is 5.95 Å². The van der Waals surface area contributed by atoms with Gasteiger partial charge in [0.15, 0.2) is 5.65 Å². The second kappa shape index (κ2) is 6.83. The molecule has 132 valence electrons. The Morgan fingerprint density at radius 1 is 1.23 bits per heavy atom. The summed E-state index contributed by atoms with van der Waals surface area (Å²) in [5.41, 5.74) is 4.30. The highest BCUT2D eigenvalue weighted by atomic mass is 16.1. The number of nitrogens with zero attached hydrogens (tertiary/aromatic N) is 4. The Hall–Kier alpha value is -3.42. The van der Waals surface area contributed by atoms with Gasteiger partial charge >= 0.3 is 5.69 Å². The second-order valence-corrected chi connectivity index (χ2v) is 6.13. The molecule has 3 N–H and O–H groups in total. The van der Waals surface area contributed by atoms with Gasteiger partial charge in [-0.15, -0.1) is 0 Å². The van der Waals surface area contributed by atoms with Crippen molar-refractivity contribution in [3.05, 3.63) is 70.3 Å². The van der Waals surface area contributed by atoms with Crippen LogP contribution in [0.5, 0.6) is 0 Å². The Morgan fingerprint density at radius 2 is 2.12 bits per heavy atom. The van der Waals surface area contributed by atoms with Gasteiger partial charge in [-0.25, -0.2) is 14.8 Å². The van der Waals surface area contributed by atoms with Crippen LogP contribution in [0, 0.1) is 6.92 Å². The Labute approximate surface area is 149 Å². The van der Waals surface area contributed by atoms with Crippen LogP contribution >= 0.6 is 0 Å². The van der Waals surface area contributed by atoms with E-state index in [1.807, 2.05) is 31.2 Å². The molecule has 0 saturated carbocycles. The highest BCUT2D eigenvalue weighted by Gasteiger charge is 2.11. The first-order valence-electron chi connectivity index (χ1n) is 8.42. The molecule has 26 heavy (non-hydrogen) atoms. The van der Waals surface area contributed by atoms with Gasteiger partial charge in [-0.2, -0.15) is 4.98 Å². The van der Waals surface area contributed by atoms with Crippen LogP contribution in [0.25, 0.3) is 11.2 Å². The number of imidazole rings is 2. The molecule has 0 saturated heterocycles. The number of aromatic nitrogens is 6. The van der Waals surface area contributed by atoms with E-state index in [1.54, 1.807) is 23.3 Å². The number of benzene rings is 1. The van der Waals surface area contributed by atoms with Crippen LogP contribution in [0.15, 0.2) is 47.8 Å². The molecule has 0 spiro atoms. The Kier molecular flexibility index (Phi) is 4.22. The molecule has 0 atom stereocenters. The van der Waals surface area contributed by atoms with Crippen LogP contribution in [-0.2, 0) is 13.0 Å². The van der Waals surface area contributed by atoms with Crippen molar-refractivity contribution in [2.75, 3.05) is 11.9 Å². The molecule has 1 aromatic carbocycles. The number of aromatic amines is 2. The summed E-state index contributed by atoms with van der Waals surface area (Å²) in [5, 5.41) is 3.19. The topological polar surface area (TPSA) is 104 Å². The summed E-state index contributed by atoms with van der Waals surface area (Å²) in [4.78, 5) is 31.0. The first kappa shape index (κ1) is 16.1. The second-order valence-electron chi connectivity index (χ2n) is 6.13. The number of anilines is 1. The zero-order valence-electron chi connectivity index (χ0n) is 14.4. The highest BCUT2D eigenvalue weighted by Crippen LogP contribution is 2.13. The van der Waals surface area contributed by atoms with Gasteiger partial charge in [-0.1, -0.05) is 24.3 Å². The highest BCUT2D eigenvalue weighted by molar-refractivity contribution is 5.71. The summed E-state index contributed by atoms with van der Waals surface area (Å²) in [6, 6.07) is 8.01. The maximum absolute atomic E-state index is 12.3. The first-order valence-corrected chi connectivity index (χ1v) is 8.42. The van der Waals surface area contributed by atoms with E-state index in [2.05, 4.69) is 30.2 Å². The molecule has 0 bridgehead atoms. The molecular formula is C18H19N7O. The van der Waals surface area contributed by atoms with E-state index >= 15 is 0 Å². The summed E-state index contributed by atoms with van der Waals surface area (Å²) in [6.45, 7) is 3.17. The third kappa shape index (κ3) is 3.21. The zero-order chi connectivity index (χ0) is 17.9. The van der Waals surface area contributed by atoms with Crippen molar-refractivity contribution in [3.8, 4) is 0 Å². The van der Waals surface area contributed by atoms with E-state index in [0.29, 0.717) is 30.2 Å². The third-order valence-electron chi connectivity index (χ3n) is 4.33. The molecule has 0 aliphatic carbocycles. The lowest BCUT2D eigenvalue weighted by Crippen LogP contribution is -2.18. The lowest BCUT2D eigenvalue weighted by atomic mass is 10.1. The van der Waals surface area contributed by atoms with E-state index in [-0.39, 0.29) is 5.69 Å². The summed E-state index contributed by atoms with van der Waals surface area (Å²) in [6.07, 6.45) is 5.86. The molecule has 0 fully saturated rings. The van der Waals surface area contributed by atoms with Crippen LogP contribution < -0.4 is 11.0 Å².